The standard InChI is InChI=1S/C16H30N2/c1-15(2,3)14(18-17)10-16-7-11-4-12(8-16)6-13(5-11)9-16/h11-14,18H,4-10,17H2,1-3H3. The van der Waals surface area contributed by atoms with Crippen LogP contribution in [0.15, 0.2) is 0 Å². The third-order valence-corrected chi connectivity index (χ3v) is 6.05. The van der Waals surface area contributed by atoms with Crippen molar-refractivity contribution in [2.45, 2.75) is 71.8 Å². The molecule has 4 aliphatic carbocycles. The van der Waals surface area contributed by atoms with Crippen molar-refractivity contribution >= 4 is 0 Å². The molecule has 0 heterocycles. The van der Waals surface area contributed by atoms with Gasteiger partial charge in [0.1, 0.15) is 0 Å². The van der Waals surface area contributed by atoms with E-state index in [4.69, 9.17) is 5.84 Å². The molecule has 0 amide bonds. The lowest BCUT2D eigenvalue weighted by molar-refractivity contribution is -0.0677. The van der Waals surface area contributed by atoms with Gasteiger partial charge in [-0.1, -0.05) is 20.8 Å². The summed E-state index contributed by atoms with van der Waals surface area (Å²) in [6.07, 6.45) is 10.4. The molecule has 1 unspecified atom stereocenters. The number of nitrogens with one attached hydrogen (secondary N) is 1. The first-order chi connectivity index (χ1) is 8.40. The highest BCUT2D eigenvalue weighted by Crippen LogP contribution is 2.62. The summed E-state index contributed by atoms with van der Waals surface area (Å²) in [5.74, 6) is 8.99. The predicted molar refractivity (Wildman–Crippen MR) is 75.8 cm³/mol. The molecule has 18 heavy (non-hydrogen) atoms. The van der Waals surface area contributed by atoms with Crippen LogP contribution in [0.2, 0.25) is 0 Å². The average Bonchev–Trinajstić information content (AvgIpc) is 2.22. The van der Waals surface area contributed by atoms with Gasteiger partial charge in [0.25, 0.3) is 0 Å². The zero-order chi connectivity index (χ0) is 13.0. The zero-order valence-corrected chi connectivity index (χ0v) is 12.3. The maximum absolute atomic E-state index is 5.84. The third-order valence-electron chi connectivity index (χ3n) is 6.05. The fraction of sp³-hybridized carbons (Fsp3) is 1.00. The summed E-state index contributed by atoms with van der Waals surface area (Å²) >= 11 is 0. The van der Waals surface area contributed by atoms with Crippen LogP contribution in [0.5, 0.6) is 0 Å². The second-order valence-corrected chi connectivity index (χ2v) is 8.71. The van der Waals surface area contributed by atoms with Gasteiger partial charge >= 0.3 is 0 Å². The van der Waals surface area contributed by atoms with Crippen molar-refractivity contribution < 1.29 is 0 Å². The first kappa shape index (κ1) is 12.9. The summed E-state index contributed by atoms with van der Waals surface area (Å²) in [5, 5.41) is 0. The molecule has 4 fully saturated rings. The van der Waals surface area contributed by atoms with Crippen LogP contribution in [0.25, 0.3) is 0 Å². The van der Waals surface area contributed by atoms with Crippen molar-refractivity contribution in [1.82, 2.24) is 5.43 Å². The van der Waals surface area contributed by atoms with E-state index in [1.807, 2.05) is 0 Å². The Hall–Kier alpha value is -0.0800. The van der Waals surface area contributed by atoms with E-state index in [0.29, 0.717) is 11.5 Å². The number of hydrogen-bond acceptors (Lipinski definition) is 2. The Kier molecular flexibility index (Phi) is 3.02. The molecule has 0 aromatic carbocycles. The van der Waals surface area contributed by atoms with E-state index in [2.05, 4.69) is 26.2 Å². The highest BCUT2D eigenvalue weighted by atomic mass is 15.2. The van der Waals surface area contributed by atoms with E-state index in [-0.39, 0.29) is 5.41 Å². The molecule has 4 bridgehead atoms. The van der Waals surface area contributed by atoms with Gasteiger partial charge in [0.15, 0.2) is 0 Å². The van der Waals surface area contributed by atoms with Gasteiger partial charge in [0, 0.05) is 6.04 Å². The van der Waals surface area contributed by atoms with Crippen LogP contribution < -0.4 is 11.3 Å². The molecule has 0 aliphatic heterocycles. The van der Waals surface area contributed by atoms with Crippen LogP contribution >= 0.6 is 0 Å². The fourth-order valence-electron chi connectivity index (χ4n) is 5.59. The van der Waals surface area contributed by atoms with Gasteiger partial charge in [-0.2, -0.15) is 0 Å². The molecular formula is C16H30N2. The minimum Gasteiger partial charge on any atom is -0.271 e. The van der Waals surface area contributed by atoms with E-state index in [0.717, 1.165) is 17.8 Å². The molecule has 4 rings (SSSR count). The number of nitrogens with two attached hydrogens (primary N) is 1. The lowest BCUT2D eigenvalue weighted by atomic mass is 9.48. The van der Waals surface area contributed by atoms with Gasteiger partial charge in [-0.3, -0.25) is 11.3 Å². The van der Waals surface area contributed by atoms with E-state index < -0.39 is 0 Å². The average molecular weight is 250 g/mol. The molecule has 104 valence electrons. The van der Waals surface area contributed by atoms with Gasteiger partial charge in [0.05, 0.1) is 0 Å². The molecule has 2 nitrogen and oxygen atoms in total. The summed E-state index contributed by atoms with van der Waals surface area (Å²) in [5.41, 5.74) is 4.03. The lowest BCUT2D eigenvalue weighted by Gasteiger charge is -2.58. The van der Waals surface area contributed by atoms with Crippen molar-refractivity contribution in [2.24, 2.45) is 34.4 Å². The number of hydrazine groups is 1. The maximum atomic E-state index is 5.84. The molecule has 0 radical (unpaired) electrons. The topological polar surface area (TPSA) is 38.0 Å². The Morgan fingerprint density at radius 2 is 1.50 bits per heavy atom. The van der Waals surface area contributed by atoms with E-state index in [1.165, 1.54) is 44.9 Å². The summed E-state index contributed by atoms with van der Waals surface area (Å²) in [6.45, 7) is 6.95. The van der Waals surface area contributed by atoms with Gasteiger partial charge < -0.3 is 0 Å². The van der Waals surface area contributed by atoms with Crippen LogP contribution in [0.3, 0.4) is 0 Å². The van der Waals surface area contributed by atoms with Crippen LogP contribution in [-0.4, -0.2) is 6.04 Å². The van der Waals surface area contributed by atoms with E-state index >= 15 is 0 Å². The Labute approximate surface area is 112 Å². The Bertz CT molecular complexity index is 280. The molecule has 3 N–H and O–H groups in total. The fourth-order valence-corrected chi connectivity index (χ4v) is 5.59. The Balaban J connectivity index is 1.75. The summed E-state index contributed by atoms with van der Waals surface area (Å²) in [4.78, 5) is 0. The van der Waals surface area contributed by atoms with Crippen LogP contribution in [0.1, 0.15) is 65.7 Å². The van der Waals surface area contributed by atoms with Gasteiger partial charge in [-0.15, -0.1) is 0 Å². The molecule has 1 atom stereocenters. The number of rotatable bonds is 3. The van der Waals surface area contributed by atoms with Crippen molar-refractivity contribution in [3.63, 3.8) is 0 Å². The molecule has 4 saturated carbocycles. The summed E-state index contributed by atoms with van der Waals surface area (Å²) in [7, 11) is 0. The van der Waals surface area contributed by atoms with Crippen molar-refractivity contribution in [3.8, 4) is 0 Å². The van der Waals surface area contributed by atoms with Crippen LogP contribution in [0, 0.1) is 28.6 Å². The quantitative estimate of drug-likeness (QED) is 0.594. The molecular weight excluding hydrogens is 220 g/mol. The predicted octanol–water partition coefficient (Wildman–Crippen LogP) is 3.47. The summed E-state index contributed by atoms with van der Waals surface area (Å²) in [6, 6.07) is 0.466. The summed E-state index contributed by atoms with van der Waals surface area (Å²) < 4.78 is 0. The number of hydrogen-bond donors (Lipinski definition) is 2. The first-order valence-corrected chi connectivity index (χ1v) is 7.86. The molecule has 2 heteroatoms. The molecule has 0 spiro atoms. The highest BCUT2D eigenvalue weighted by molar-refractivity contribution is 5.03. The normalized spacial score (nSPS) is 44.3. The van der Waals surface area contributed by atoms with Crippen LogP contribution in [0.4, 0.5) is 0 Å². The monoisotopic (exact) mass is 250 g/mol. The molecule has 4 aliphatic rings. The lowest BCUT2D eigenvalue weighted by Crippen LogP contribution is -2.52. The first-order valence-electron chi connectivity index (χ1n) is 7.86. The van der Waals surface area contributed by atoms with Gasteiger partial charge in [-0.25, -0.2) is 0 Å². The van der Waals surface area contributed by atoms with E-state index in [1.54, 1.807) is 0 Å². The van der Waals surface area contributed by atoms with Crippen molar-refractivity contribution in [3.05, 3.63) is 0 Å². The second-order valence-electron chi connectivity index (χ2n) is 8.71. The maximum Gasteiger partial charge on any atom is 0.0264 e. The SMILES string of the molecule is CC(C)(C)C(CC12CC3CC(CC(C3)C1)C2)NN. The third kappa shape index (κ3) is 2.22. The molecule has 0 aromatic rings. The Morgan fingerprint density at radius 1 is 1.06 bits per heavy atom. The van der Waals surface area contributed by atoms with Crippen LogP contribution in [-0.2, 0) is 0 Å². The largest absolute Gasteiger partial charge is 0.271 e. The smallest absolute Gasteiger partial charge is 0.0264 e. The van der Waals surface area contributed by atoms with Gasteiger partial charge in [0.2, 0.25) is 0 Å². The zero-order valence-electron chi connectivity index (χ0n) is 12.3. The van der Waals surface area contributed by atoms with E-state index in [9.17, 15) is 0 Å². The van der Waals surface area contributed by atoms with Gasteiger partial charge in [-0.05, 0) is 73.5 Å². The Morgan fingerprint density at radius 3 is 1.83 bits per heavy atom. The molecule has 0 aromatic heterocycles. The second kappa shape index (κ2) is 4.21. The minimum atomic E-state index is 0.276. The van der Waals surface area contributed by atoms with Crippen molar-refractivity contribution in [2.75, 3.05) is 0 Å². The minimum absolute atomic E-state index is 0.276. The molecule has 0 saturated heterocycles. The van der Waals surface area contributed by atoms with Crippen molar-refractivity contribution in [1.29, 1.82) is 0 Å². The highest BCUT2D eigenvalue weighted by Gasteiger charge is 2.51.